The molecule has 0 aromatic heterocycles. The maximum atomic E-state index is 12.2. The van der Waals surface area contributed by atoms with Gasteiger partial charge < -0.3 is 11.1 Å². The predicted molar refractivity (Wildman–Crippen MR) is 85.4 cm³/mol. The number of nitrogens with two attached hydrogens (primary N) is 1. The van der Waals surface area contributed by atoms with E-state index in [-0.39, 0.29) is 5.91 Å². The number of anilines is 2. The summed E-state index contributed by atoms with van der Waals surface area (Å²) in [6.07, 6.45) is 0. The van der Waals surface area contributed by atoms with Gasteiger partial charge in [0.15, 0.2) is 0 Å². The molecule has 3 nitrogen and oxygen atoms in total. The molecule has 0 aliphatic carbocycles. The van der Waals surface area contributed by atoms with E-state index in [1.165, 1.54) is 0 Å². The molecule has 5 heteroatoms. The van der Waals surface area contributed by atoms with Crippen LogP contribution in [-0.4, -0.2) is 5.91 Å². The zero-order chi connectivity index (χ0) is 14.0. The highest BCUT2D eigenvalue weighted by Gasteiger charge is 2.11. The number of hydrogen-bond donors (Lipinski definition) is 2. The zero-order valence-electron chi connectivity index (χ0n) is 10.2. The van der Waals surface area contributed by atoms with Gasteiger partial charge in [-0.1, -0.05) is 37.9 Å². The van der Waals surface area contributed by atoms with Crippen molar-refractivity contribution in [3.8, 4) is 0 Å². The Morgan fingerprint density at radius 1 is 1.11 bits per heavy atom. The number of carbonyl (C=O) groups excluding carboxylic acids is 1. The van der Waals surface area contributed by atoms with Crippen LogP contribution in [0.15, 0.2) is 45.3 Å². The van der Waals surface area contributed by atoms with Gasteiger partial charge in [0.25, 0.3) is 5.91 Å². The van der Waals surface area contributed by atoms with Crippen LogP contribution >= 0.6 is 31.9 Å². The van der Waals surface area contributed by atoms with E-state index in [9.17, 15) is 4.79 Å². The Balaban J connectivity index is 2.30. The van der Waals surface area contributed by atoms with Crippen molar-refractivity contribution in [1.29, 1.82) is 0 Å². The van der Waals surface area contributed by atoms with E-state index in [2.05, 4.69) is 37.2 Å². The Morgan fingerprint density at radius 3 is 2.47 bits per heavy atom. The number of carbonyl (C=O) groups is 1. The summed E-state index contributed by atoms with van der Waals surface area (Å²) >= 11 is 6.72. The number of halogens is 2. The van der Waals surface area contributed by atoms with Crippen LogP contribution in [0.3, 0.4) is 0 Å². The molecule has 0 fully saturated rings. The normalized spacial score (nSPS) is 10.3. The number of nitrogens with one attached hydrogen (secondary N) is 1. The fourth-order valence-corrected chi connectivity index (χ4v) is 2.37. The molecule has 0 radical (unpaired) electrons. The Hall–Kier alpha value is -1.33. The quantitative estimate of drug-likeness (QED) is 0.757. The van der Waals surface area contributed by atoms with Gasteiger partial charge in [0, 0.05) is 20.3 Å². The minimum absolute atomic E-state index is 0.222. The zero-order valence-corrected chi connectivity index (χ0v) is 13.4. The molecular weight excluding hydrogens is 372 g/mol. The van der Waals surface area contributed by atoms with Gasteiger partial charge in [-0.05, 0) is 42.8 Å². The fourth-order valence-electron chi connectivity index (χ4n) is 1.64. The van der Waals surface area contributed by atoms with Gasteiger partial charge in [0.05, 0.1) is 5.56 Å². The molecule has 2 aromatic carbocycles. The van der Waals surface area contributed by atoms with Crippen LogP contribution in [-0.2, 0) is 0 Å². The van der Waals surface area contributed by atoms with Crippen LogP contribution in [0.1, 0.15) is 15.9 Å². The lowest BCUT2D eigenvalue weighted by molar-refractivity contribution is 0.102. The van der Waals surface area contributed by atoms with Gasteiger partial charge in [-0.25, -0.2) is 0 Å². The third kappa shape index (κ3) is 3.36. The molecule has 0 aliphatic heterocycles. The van der Waals surface area contributed by atoms with Crippen LogP contribution in [0, 0.1) is 6.92 Å². The van der Waals surface area contributed by atoms with Crippen LogP contribution < -0.4 is 11.1 Å². The van der Waals surface area contributed by atoms with Crippen molar-refractivity contribution >= 4 is 49.1 Å². The molecule has 0 bridgehead atoms. The van der Waals surface area contributed by atoms with Crippen molar-refractivity contribution < 1.29 is 4.79 Å². The first-order valence-corrected chi connectivity index (χ1v) is 7.18. The number of hydrogen-bond acceptors (Lipinski definition) is 2. The first-order valence-electron chi connectivity index (χ1n) is 5.60. The Bertz CT molecular complexity index is 641. The predicted octanol–water partition coefficient (Wildman–Crippen LogP) is 4.35. The molecule has 0 heterocycles. The first-order chi connectivity index (χ1) is 8.97. The van der Waals surface area contributed by atoms with E-state index in [0.717, 1.165) is 20.2 Å². The number of benzene rings is 2. The van der Waals surface area contributed by atoms with Gasteiger partial charge >= 0.3 is 0 Å². The third-order valence-corrected chi connectivity index (χ3v) is 3.69. The average Bonchev–Trinajstić information content (AvgIpc) is 2.36. The van der Waals surface area contributed by atoms with E-state index < -0.39 is 0 Å². The summed E-state index contributed by atoms with van der Waals surface area (Å²) in [5.74, 6) is -0.222. The van der Waals surface area contributed by atoms with Crippen molar-refractivity contribution in [2.75, 3.05) is 11.1 Å². The van der Waals surface area contributed by atoms with Crippen molar-refractivity contribution in [1.82, 2.24) is 0 Å². The summed E-state index contributed by atoms with van der Waals surface area (Å²) in [4.78, 5) is 12.2. The van der Waals surface area contributed by atoms with E-state index in [1.54, 1.807) is 18.2 Å². The topological polar surface area (TPSA) is 55.1 Å². The molecule has 2 rings (SSSR count). The maximum Gasteiger partial charge on any atom is 0.257 e. The molecule has 3 N–H and O–H groups in total. The van der Waals surface area contributed by atoms with Crippen molar-refractivity contribution in [2.24, 2.45) is 0 Å². The summed E-state index contributed by atoms with van der Waals surface area (Å²) in [6, 6.07) is 10.9. The molecule has 98 valence electrons. The molecule has 0 aliphatic rings. The average molecular weight is 384 g/mol. The van der Waals surface area contributed by atoms with E-state index in [4.69, 9.17) is 5.73 Å². The lowest BCUT2D eigenvalue weighted by atomic mass is 10.1. The maximum absolute atomic E-state index is 12.2. The minimum atomic E-state index is -0.222. The van der Waals surface area contributed by atoms with Gasteiger partial charge in [0.2, 0.25) is 0 Å². The van der Waals surface area contributed by atoms with Gasteiger partial charge in [-0.3, -0.25) is 4.79 Å². The van der Waals surface area contributed by atoms with Gasteiger partial charge in [0.1, 0.15) is 0 Å². The van der Waals surface area contributed by atoms with E-state index in [0.29, 0.717) is 11.3 Å². The first kappa shape index (κ1) is 14.1. The van der Waals surface area contributed by atoms with E-state index in [1.807, 2.05) is 25.1 Å². The molecule has 0 saturated heterocycles. The van der Waals surface area contributed by atoms with Crippen LogP contribution in [0.5, 0.6) is 0 Å². The molecular formula is C14H12Br2N2O. The summed E-state index contributed by atoms with van der Waals surface area (Å²) in [7, 11) is 0. The third-order valence-electron chi connectivity index (χ3n) is 2.71. The Kier molecular flexibility index (Phi) is 4.27. The van der Waals surface area contributed by atoms with Crippen LogP contribution in [0.4, 0.5) is 11.4 Å². The SMILES string of the molecule is Cc1ccc(Br)cc1NC(=O)c1cc(Br)ccc1N. The van der Waals surface area contributed by atoms with Crippen molar-refractivity contribution in [2.45, 2.75) is 6.92 Å². The molecule has 1 amide bonds. The molecule has 19 heavy (non-hydrogen) atoms. The number of aryl methyl sites for hydroxylation is 1. The lowest BCUT2D eigenvalue weighted by Gasteiger charge is -2.10. The standard InChI is InChI=1S/C14H12Br2N2O/c1-8-2-3-10(16)7-13(8)18-14(19)11-6-9(15)4-5-12(11)17/h2-7H,17H2,1H3,(H,18,19). The van der Waals surface area contributed by atoms with Crippen LogP contribution in [0.2, 0.25) is 0 Å². The van der Waals surface area contributed by atoms with Crippen molar-refractivity contribution in [3.63, 3.8) is 0 Å². The summed E-state index contributed by atoms with van der Waals surface area (Å²) in [5, 5.41) is 2.87. The molecule has 0 unspecified atom stereocenters. The second-order valence-electron chi connectivity index (χ2n) is 4.14. The van der Waals surface area contributed by atoms with Crippen LogP contribution in [0.25, 0.3) is 0 Å². The molecule has 0 atom stereocenters. The number of nitrogen functional groups attached to an aromatic ring is 1. The molecule has 0 saturated carbocycles. The van der Waals surface area contributed by atoms with Crippen molar-refractivity contribution in [3.05, 3.63) is 56.5 Å². The number of amides is 1. The summed E-state index contributed by atoms with van der Waals surface area (Å²) in [5.41, 5.74) is 8.48. The highest BCUT2D eigenvalue weighted by atomic mass is 79.9. The number of rotatable bonds is 2. The minimum Gasteiger partial charge on any atom is -0.398 e. The monoisotopic (exact) mass is 382 g/mol. The Labute approximate surface area is 128 Å². The second kappa shape index (κ2) is 5.75. The largest absolute Gasteiger partial charge is 0.398 e. The highest BCUT2D eigenvalue weighted by molar-refractivity contribution is 9.10. The highest BCUT2D eigenvalue weighted by Crippen LogP contribution is 2.23. The molecule has 0 spiro atoms. The summed E-state index contributed by atoms with van der Waals surface area (Å²) < 4.78 is 1.73. The Morgan fingerprint density at radius 2 is 1.74 bits per heavy atom. The van der Waals surface area contributed by atoms with E-state index >= 15 is 0 Å². The summed E-state index contributed by atoms with van der Waals surface area (Å²) in [6.45, 7) is 1.94. The smallest absolute Gasteiger partial charge is 0.257 e. The fraction of sp³-hybridized carbons (Fsp3) is 0.0714. The van der Waals surface area contributed by atoms with Gasteiger partial charge in [-0.2, -0.15) is 0 Å². The lowest BCUT2D eigenvalue weighted by Crippen LogP contribution is -2.14. The second-order valence-corrected chi connectivity index (χ2v) is 5.98. The van der Waals surface area contributed by atoms with Gasteiger partial charge in [-0.15, -0.1) is 0 Å². The molecule has 2 aromatic rings.